The van der Waals surface area contributed by atoms with Crippen molar-refractivity contribution < 1.29 is 19.6 Å². The maximum atomic E-state index is 11.4. The third-order valence-electron chi connectivity index (χ3n) is 4.03. The molecule has 0 aromatic heterocycles. The minimum absolute atomic E-state index is 0.245. The summed E-state index contributed by atoms with van der Waals surface area (Å²) < 4.78 is 0.797. The van der Waals surface area contributed by atoms with Gasteiger partial charge in [-0.05, 0) is 12.1 Å². The minimum atomic E-state index is -1.01. The minimum Gasteiger partial charge on any atom is -0.341 e. The van der Waals surface area contributed by atoms with E-state index in [4.69, 9.17) is 4.84 Å². The van der Waals surface area contributed by atoms with Crippen LogP contribution in [0.3, 0.4) is 0 Å². The Kier molecular flexibility index (Phi) is 6.31. The molecule has 0 N–H and O–H groups in total. The van der Waals surface area contributed by atoms with Crippen molar-refractivity contribution >= 4 is 38.7 Å². The maximum absolute atomic E-state index is 11.4. The van der Waals surface area contributed by atoms with Crippen molar-refractivity contribution in [1.82, 2.24) is 0 Å². The second-order valence-electron chi connectivity index (χ2n) is 5.99. The quantitative estimate of drug-likeness (QED) is 0.258. The molecule has 3 rings (SSSR count). The molecule has 0 saturated carbocycles. The summed E-state index contributed by atoms with van der Waals surface area (Å²) in [7, 11) is 0. The molecule has 0 heterocycles. The van der Waals surface area contributed by atoms with Gasteiger partial charge in [0.15, 0.2) is 0 Å². The molecule has 0 spiro atoms. The number of hydrogen-bond acceptors (Lipinski definition) is 8. The Hall–Kier alpha value is -4.19. The van der Waals surface area contributed by atoms with E-state index in [0.29, 0.717) is 23.3 Å². The van der Waals surface area contributed by atoms with E-state index in [-0.39, 0.29) is 5.71 Å². The van der Waals surface area contributed by atoms with Crippen LogP contribution in [0.15, 0.2) is 76.4 Å². The highest BCUT2D eigenvalue weighted by Gasteiger charge is 2.33. The van der Waals surface area contributed by atoms with Crippen LogP contribution in [0.4, 0.5) is 17.1 Å². The summed E-state index contributed by atoms with van der Waals surface area (Å²) in [5.74, 6) is -0.814. The molecule has 0 radical (unpaired) electrons. The van der Waals surface area contributed by atoms with Gasteiger partial charge in [-0.1, -0.05) is 63.6 Å². The van der Waals surface area contributed by atoms with Gasteiger partial charge in [0.1, 0.15) is 5.71 Å². The normalized spacial score (nSPS) is 11.1. The molecule has 3 aromatic carbocycles. The first-order chi connectivity index (χ1) is 14.8. The lowest BCUT2D eigenvalue weighted by Crippen LogP contribution is -2.07. The number of rotatable bonds is 7. The lowest BCUT2D eigenvalue weighted by atomic mass is 10.0. The summed E-state index contributed by atoms with van der Waals surface area (Å²) in [5.41, 5.74) is -1.32. The highest BCUT2D eigenvalue weighted by atomic mass is 79.9. The van der Waals surface area contributed by atoms with Crippen molar-refractivity contribution in [2.24, 2.45) is 5.16 Å². The molecule has 0 aliphatic carbocycles. The van der Waals surface area contributed by atoms with Crippen molar-refractivity contribution in [1.29, 1.82) is 0 Å². The van der Waals surface area contributed by atoms with Gasteiger partial charge in [-0.25, -0.2) is 0 Å². The predicted octanol–water partition coefficient (Wildman–Crippen LogP) is 5.01. The molecule has 0 saturated heterocycles. The van der Waals surface area contributed by atoms with E-state index in [1.165, 1.54) is 0 Å². The predicted molar refractivity (Wildman–Crippen MR) is 113 cm³/mol. The van der Waals surface area contributed by atoms with Crippen LogP contribution in [-0.4, -0.2) is 20.5 Å². The second-order valence-corrected chi connectivity index (χ2v) is 6.90. The van der Waals surface area contributed by atoms with Gasteiger partial charge in [0.2, 0.25) is 0 Å². The van der Waals surface area contributed by atoms with E-state index in [0.717, 1.165) is 4.47 Å². The van der Waals surface area contributed by atoms with Gasteiger partial charge in [0.05, 0.1) is 26.9 Å². The summed E-state index contributed by atoms with van der Waals surface area (Å²) in [6.45, 7) is 0. The van der Waals surface area contributed by atoms with Gasteiger partial charge in [0, 0.05) is 15.6 Å². The number of halogens is 1. The zero-order valence-electron chi connectivity index (χ0n) is 15.4. The van der Waals surface area contributed by atoms with Crippen LogP contribution in [0, 0.1) is 30.3 Å². The molecular weight excluding hydrogens is 476 g/mol. The lowest BCUT2D eigenvalue weighted by Gasteiger charge is -2.08. The van der Waals surface area contributed by atoms with Crippen molar-refractivity contribution in [3.8, 4) is 5.75 Å². The first-order valence-corrected chi connectivity index (χ1v) is 9.25. The molecule has 0 aliphatic heterocycles. The zero-order chi connectivity index (χ0) is 22.5. The maximum Gasteiger partial charge on any atom is 0.328 e. The molecule has 156 valence electrons. The molecule has 11 nitrogen and oxygen atoms in total. The largest absolute Gasteiger partial charge is 0.341 e. The van der Waals surface area contributed by atoms with Gasteiger partial charge >= 0.3 is 17.1 Å². The van der Waals surface area contributed by atoms with Crippen LogP contribution in [0.5, 0.6) is 5.75 Å². The molecular formula is C19H11BrN4O7. The highest BCUT2D eigenvalue weighted by molar-refractivity contribution is 9.10. The molecule has 0 aliphatic rings. The second kappa shape index (κ2) is 9.09. The Morgan fingerprint density at radius 3 is 1.77 bits per heavy atom. The Labute approximate surface area is 182 Å². The number of nitro groups is 3. The molecule has 3 aromatic rings. The summed E-state index contributed by atoms with van der Waals surface area (Å²) in [5, 5.41) is 37.8. The first kappa shape index (κ1) is 21.5. The smallest absolute Gasteiger partial charge is 0.328 e. The van der Waals surface area contributed by atoms with Crippen LogP contribution in [-0.2, 0) is 0 Å². The summed E-state index contributed by atoms with van der Waals surface area (Å²) in [4.78, 5) is 36.1. The van der Waals surface area contributed by atoms with Gasteiger partial charge in [-0.15, -0.1) is 0 Å². The molecule has 0 atom stereocenters. The Morgan fingerprint density at radius 1 is 0.774 bits per heavy atom. The van der Waals surface area contributed by atoms with Crippen LogP contribution in [0.1, 0.15) is 11.1 Å². The van der Waals surface area contributed by atoms with Gasteiger partial charge in [0.25, 0.3) is 5.69 Å². The van der Waals surface area contributed by atoms with E-state index in [9.17, 15) is 30.3 Å². The van der Waals surface area contributed by atoms with Crippen molar-refractivity contribution in [3.05, 3.63) is 113 Å². The summed E-state index contributed by atoms with van der Waals surface area (Å²) in [6, 6.07) is 16.7. The molecule has 31 heavy (non-hydrogen) atoms. The molecule has 0 amide bonds. The number of hydrogen-bond donors (Lipinski definition) is 0. The first-order valence-electron chi connectivity index (χ1n) is 8.45. The van der Waals surface area contributed by atoms with Gasteiger partial charge < -0.3 is 4.84 Å². The number of benzene rings is 3. The molecule has 0 unspecified atom stereocenters. The standard InChI is InChI=1S/C19H11BrN4O7/c20-14-8-6-13(7-9-14)18(12-4-2-1-3-5-12)21-31-19-16(23(27)28)10-15(22(25)26)11-17(19)24(29)30/h1-11H. The molecule has 12 heteroatoms. The number of nitrogens with zero attached hydrogens (tertiary/aromatic N) is 4. The average molecular weight is 487 g/mol. The summed E-state index contributed by atoms with van der Waals surface area (Å²) >= 11 is 3.32. The molecule has 0 fully saturated rings. The van der Waals surface area contributed by atoms with E-state index in [1.54, 1.807) is 54.6 Å². The SMILES string of the molecule is O=[N+]([O-])c1cc([N+](=O)[O-])c(ON=C(c2ccccc2)c2ccc(Br)cc2)c([N+](=O)[O-])c1. The molecule has 0 bridgehead atoms. The van der Waals surface area contributed by atoms with E-state index in [2.05, 4.69) is 21.1 Å². The Balaban J connectivity index is 2.18. The van der Waals surface area contributed by atoms with E-state index >= 15 is 0 Å². The number of oxime groups is 1. The van der Waals surface area contributed by atoms with Gasteiger partial charge in [-0.2, -0.15) is 0 Å². The van der Waals surface area contributed by atoms with Crippen LogP contribution in [0.2, 0.25) is 0 Å². The van der Waals surface area contributed by atoms with Crippen LogP contribution < -0.4 is 4.84 Å². The third-order valence-corrected chi connectivity index (χ3v) is 4.56. The topological polar surface area (TPSA) is 151 Å². The van der Waals surface area contributed by atoms with E-state index in [1.807, 2.05) is 0 Å². The Morgan fingerprint density at radius 2 is 1.29 bits per heavy atom. The van der Waals surface area contributed by atoms with Crippen LogP contribution >= 0.6 is 15.9 Å². The Bertz CT molecular complexity index is 1160. The average Bonchev–Trinajstić information content (AvgIpc) is 2.75. The van der Waals surface area contributed by atoms with Crippen molar-refractivity contribution in [3.63, 3.8) is 0 Å². The van der Waals surface area contributed by atoms with Crippen LogP contribution in [0.25, 0.3) is 0 Å². The zero-order valence-corrected chi connectivity index (χ0v) is 17.0. The lowest BCUT2D eigenvalue weighted by molar-refractivity contribution is -0.404. The van der Waals surface area contributed by atoms with Crippen molar-refractivity contribution in [2.75, 3.05) is 0 Å². The summed E-state index contributed by atoms with van der Waals surface area (Å²) in [6.07, 6.45) is 0. The fraction of sp³-hybridized carbons (Fsp3) is 0. The fourth-order valence-corrected chi connectivity index (χ4v) is 2.89. The van der Waals surface area contributed by atoms with Crippen molar-refractivity contribution in [2.45, 2.75) is 0 Å². The fourth-order valence-electron chi connectivity index (χ4n) is 2.62. The van der Waals surface area contributed by atoms with E-state index < -0.39 is 37.6 Å². The van der Waals surface area contributed by atoms with Gasteiger partial charge in [-0.3, -0.25) is 30.3 Å². The number of nitro benzene ring substituents is 3. The monoisotopic (exact) mass is 486 g/mol. The number of non-ortho nitro benzene ring substituents is 1. The third kappa shape index (κ3) is 4.87. The highest BCUT2D eigenvalue weighted by Crippen LogP contribution is 2.40.